The van der Waals surface area contributed by atoms with Crippen LogP contribution in [0, 0.1) is 0 Å². The van der Waals surface area contributed by atoms with Crippen LogP contribution in [-0.2, 0) is 6.54 Å². The molecule has 140 valence electrons. The van der Waals surface area contributed by atoms with Crippen molar-refractivity contribution in [3.05, 3.63) is 47.5 Å². The molecule has 2 aromatic rings. The number of hydrogen-bond acceptors (Lipinski definition) is 3. The SMILES string of the molecule is CN(C)CCn1ccnc1[C@H]1CCCN(C(=O)Nc2cccc(Cl)c2)C1. The highest BCUT2D eigenvalue weighted by atomic mass is 35.5. The minimum Gasteiger partial charge on any atom is -0.333 e. The summed E-state index contributed by atoms with van der Waals surface area (Å²) >= 11 is 5.99. The summed E-state index contributed by atoms with van der Waals surface area (Å²) in [4.78, 5) is 21.2. The molecule has 6 nitrogen and oxygen atoms in total. The third-order valence-corrected chi connectivity index (χ3v) is 4.92. The largest absolute Gasteiger partial charge is 0.333 e. The minimum atomic E-state index is -0.0802. The quantitative estimate of drug-likeness (QED) is 0.870. The Morgan fingerprint density at radius 2 is 2.27 bits per heavy atom. The van der Waals surface area contributed by atoms with Crippen molar-refractivity contribution in [2.75, 3.05) is 39.0 Å². The predicted molar refractivity (Wildman–Crippen MR) is 105 cm³/mol. The van der Waals surface area contributed by atoms with E-state index in [2.05, 4.69) is 33.9 Å². The van der Waals surface area contributed by atoms with Gasteiger partial charge in [-0.3, -0.25) is 0 Å². The van der Waals surface area contributed by atoms with E-state index in [0.717, 1.165) is 44.0 Å². The number of hydrogen-bond donors (Lipinski definition) is 1. The van der Waals surface area contributed by atoms with Gasteiger partial charge < -0.3 is 19.7 Å². The highest BCUT2D eigenvalue weighted by molar-refractivity contribution is 6.30. The number of imidazole rings is 1. The lowest BCUT2D eigenvalue weighted by Crippen LogP contribution is -2.42. The Bertz CT molecular complexity index is 745. The number of rotatable bonds is 5. The number of nitrogens with zero attached hydrogens (tertiary/aromatic N) is 4. The van der Waals surface area contributed by atoms with E-state index in [0.29, 0.717) is 11.6 Å². The van der Waals surface area contributed by atoms with Gasteiger partial charge in [-0.25, -0.2) is 9.78 Å². The van der Waals surface area contributed by atoms with Crippen LogP contribution < -0.4 is 5.32 Å². The Balaban J connectivity index is 1.64. The Kier molecular flexibility index (Phi) is 6.16. The number of piperidine rings is 1. The zero-order chi connectivity index (χ0) is 18.5. The number of carbonyl (C=O) groups is 1. The number of urea groups is 1. The maximum absolute atomic E-state index is 12.6. The standard InChI is InChI=1S/C19H26ClN5O/c1-23(2)11-12-24-10-8-21-18(24)15-5-4-9-25(14-15)19(26)22-17-7-3-6-16(20)13-17/h3,6-8,10,13,15H,4-5,9,11-12,14H2,1-2H3,(H,22,26)/t15-/m0/s1. The second-order valence-corrected chi connectivity index (χ2v) is 7.44. The third kappa shape index (κ3) is 4.77. The maximum Gasteiger partial charge on any atom is 0.321 e. The average Bonchev–Trinajstić information content (AvgIpc) is 3.08. The van der Waals surface area contributed by atoms with Gasteiger partial charge in [-0.15, -0.1) is 0 Å². The molecule has 1 aromatic carbocycles. The summed E-state index contributed by atoms with van der Waals surface area (Å²) in [6, 6.07) is 7.15. The van der Waals surface area contributed by atoms with Crippen molar-refractivity contribution in [2.45, 2.75) is 25.3 Å². The number of benzene rings is 1. The van der Waals surface area contributed by atoms with Gasteiger partial charge in [-0.05, 0) is 45.1 Å². The second-order valence-electron chi connectivity index (χ2n) is 7.01. The lowest BCUT2D eigenvalue weighted by Gasteiger charge is -2.32. The molecule has 1 saturated heterocycles. The van der Waals surface area contributed by atoms with Crippen LogP contribution in [-0.4, -0.2) is 59.1 Å². The van der Waals surface area contributed by atoms with Gasteiger partial charge in [0.25, 0.3) is 0 Å². The summed E-state index contributed by atoms with van der Waals surface area (Å²) < 4.78 is 2.21. The zero-order valence-electron chi connectivity index (χ0n) is 15.4. The topological polar surface area (TPSA) is 53.4 Å². The monoisotopic (exact) mass is 375 g/mol. The lowest BCUT2D eigenvalue weighted by atomic mass is 9.97. The van der Waals surface area contributed by atoms with E-state index in [4.69, 9.17) is 11.6 Å². The van der Waals surface area contributed by atoms with E-state index >= 15 is 0 Å². The van der Waals surface area contributed by atoms with Crippen LogP contribution in [0.5, 0.6) is 0 Å². The highest BCUT2D eigenvalue weighted by Gasteiger charge is 2.27. The molecule has 1 aromatic heterocycles. The fraction of sp³-hybridized carbons (Fsp3) is 0.474. The molecule has 1 aliphatic rings. The van der Waals surface area contributed by atoms with Gasteiger partial charge in [0.1, 0.15) is 5.82 Å². The second kappa shape index (κ2) is 8.56. The molecular formula is C19H26ClN5O. The smallest absolute Gasteiger partial charge is 0.321 e. The van der Waals surface area contributed by atoms with Crippen LogP contribution in [0.25, 0.3) is 0 Å². The molecule has 0 aliphatic carbocycles. The molecule has 7 heteroatoms. The van der Waals surface area contributed by atoms with Gasteiger partial charge in [-0.1, -0.05) is 17.7 Å². The molecule has 0 radical (unpaired) electrons. The molecule has 2 heterocycles. The summed E-state index contributed by atoms with van der Waals surface area (Å²) in [6.45, 7) is 3.33. The zero-order valence-corrected chi connectivity index (χ0v) is 16.1. The Morgan fingerprint density at radius 3 is 3.04 bits per heavy atom. The number of likely N-dealkylation sites (N-methyl/N-ethyl adjacent to an activating group) is 1. The first kappa shape index (κ1) is 18.7. The van der Waals surface area contributed by atoms with Crippen molar-refractivity contribution in [2.24, 2.45) is 0 Å². The molecule has 0 unspecified atom stereocenters. The fourth-order valence-corrected chi connectivity index (χ4v) is 3.51. The Labute approximate surface area is 159 Å². The van der Waals surface area contributed by atoms with E-state index in [1.807, 2.05) is 29.4 Å². The summed E-state index contributed by atoms with van der Waals surface area (Å²) in [7, 11) is 4.14. The van der Waals surface area contributed by atoms with Crippen molar-refractivity contribution in [3.8, 4) is 0 Å². The first-order valence-corrected chi connectivity index (χ1v) is 9.38. The first-order chi connectivity index (χ1) is 12.5. The molecule has 26 heavy (non-hydrogen) atoms. The van der Waals surface area contributed by atoms with Crippen LogP contribution in [0.3, 0.4) is 0 Å². The number of nitrogens with one attached hydrogen (secondary N) is 1. The molecule has 0 spiro atoms. The number of anilines is 1. The summed E-state index contributed by atoms with van der Waals surface area (Å²) in [6.07, 6.45) is 5.92. The maximum atomic E-state index is 12.6. The molecule has 3 rings (SSSR count). The van der Waals surface area contributed by atoms with Crippen molar-refractivity contribution < 1.29 is 4.79 Å². The predicted octanol–water partition coefficient (Wildman–Crippen LogP) is 3.51. The van der Waals surface area contributed by atoms with Crippen LogP contribution in [0.1, 0.15) is 24.6 Å². The summed E-state index contributed by atoms with van der Waals surface area (Å²) in [5.74, 6) is 1.35. The normalized spacial score (nSPS) is 17.5. The molecule has 2 amide bonds. The van der Waals surface area contributed by atoms with Gasteiger partial charge in [-0.2, -0.15) is 0 Å². The van der Waals surface area contributed by atoms with E-state index in [1.165, 1.54) is 0 Å². The molecule has 1 atom stereocenters. The van der Waals surface area contributed by atoms with Crippen LogP contribution in [0.2, 0.25) is 5.02 Å². The van der Waals surface area contributed by atoms with E-state index in [-0.39, 0.29) is 11.9 Å². The van der Waals surface area contributed by atoms with Crippen molar-refractivity contribution in [3.63, 3.8) is 0 Å². The molecule has 1 aliphatic heterocycles. The summed E-state index contributed by atoms with van der Waals surface area (Å²) in [5.41, 5.74) is 0.720. The van der Waals surface area contributed by atoms with Gasteiger partial charge in [0.2, 0.25) is 0 Å². The highest BCUT2D eigenvalue weighted by Crippen LogP contribution is 2.26. The Hall–Kier alpha value is -2.05. The van der Waals surface area contributed by atoms with Crippen molar-refractivity contribution in [1.82, 2.24) is 19.4 Å². The van der Waals surface area contributed by atoms with E-state index < -0.39 is 0 Å². The van der Waals surface area contributed by atoms with E-state index in [9.17, 15) is 4.79 Å². The van der Waals surface area contributed by atoms with Gasteiger partial charge >= 0.3 is 6.03 Å². The number of likely N-dealkylation sites (tertiary alicyclic amines) is 1. The third-order valence-electron chi connectivity index (χ3n) is 4.69. The van der Waals surface area contributed by atoms with Crippen LogP contribution in [0.15, 0.2) is 36.7 Å². The molecule has 0 saturated carbocycles. The fourth-order valence-electron chi connectivity index (χ4n) is 3.32. The molecule has 0 bridgehead atoms. The van der Waals surface area contributed by atoms with Crippen LogP contribution >= 0.6 is 11.6 Å². The lowest BCUT2D eigenvalue weighted by molar-refractivity contribution is 0.190. The number of aromatic nitrogens is 2. The number of halogens is 1. The Morgan fingerprint density at radius 1 is 1.42 bits per heavy atom. The molecular weight excluding hydrogens is 350 g/mol. The average molecular weight is 376 g/mol. The first-order valence-electron chi connectivity index (χ1n) is 9.00. The minimum absolute atomic E-state index is 0.0802. The number of carbonyl (C=O) groups excluding carboxylic acids is 1. The summed E-state index contributed by atoms with van der Waals surface area (Å²) in [5, 5.41) is 3.55. The van der Waals surface area contributed by atoms with Crippen molar-refractivity contribution >= 4 is 23.3 Å². The van der Waals surface area contributed by atoms with Crippen molar-refractivity contribution in [1.29, 1.82) is 0 Å². The van der Waals surface area contributed by atoms with E-state index in [1.54, 1.807) is 12.1 Å². The van der Waals surface area contributed by atoms with Gasteiger partial charge in [0.05, 0.1) is 0 Å². The molecule has 1 N–H and O–H groups in total. The van der Waals surface area contributed by atoms with Gasteiger partial charge in [0.15, 0.2) is 0 Å². The van der Waals surface area contributed by atoms with Gasteiger partial charge in [0, 0.05) is 55.2 Å². The molecule has 1 fully saturated rings. The number of amides is 2. The van der Waals surface area contributed by atoms with Crippen LogP contribution in [0.4, 0.5) is 10.5 Å².